The average Bonchev–Trinajstić information content (AvgIpc) is 2.18. The predicted molar refractivity (Wildman–Crippen MR) is 61.5 cm³/mol. The molecule has 0 saturated heterocycles. The molecule has 0 aromatic heterocycles. The van der Waals surface area contributed by atoms with Crippen LogP contribution in [0.25, 0.3) is 0 Å². The van der Waals surface area contributed by atoms with E-state index < -0.39 is 0 Å². The van der Waals surface area contributed by atoms with E-state index in [9.17, 15) is 4.79 Å². The molecule has 0 radical (unpaired) electrons. The van der Waals surface area contributed by atoms with Gasteiger partial charge in [0.2, 0.25) is 0 Å². The molecule has 84 valence electrons. The second-order valence-electron chi connectivity index (χ2n) is 4.52. The molecule has 1 aliphatic carbocycles. The summed E-state index contributed by atoms with van der Waals surface area (Å²) in [5, 5.41) is 0. The smallest absolute Gasteiger partial charge is 0.310 e. The normalized spacial score (nSPS) is 16.1. The van der Waals surface area contributed by atoms with Crippen molar-refractivity contribution in [1.29, 1.82) is 0 Å². The molecule has 1 aliphatic rings. The molecule has 0 aliphatic heterocycles. The van der Waals surface area contributed by atoms with Crippen molar-refractivity contribution < 1.29 is 9.53 Å². The Morgan fingerprint density at radius 1 is 1.47 bits per heavy atom. The lowest BCUT2D eigenvalue weighted by atomic mass is 10.0. The molecule has 0 amide bonds. The largest absolute Gasteiger partial charge is 0.459 e. The van der Waals surface area contributed by atoms with Crippen LogP contribution in [0.3, 0.4) is 0 Å². The molecular weight excluding hydrogens is 188 g/mol. The van der Waals surface area contributed by atoms with Gasteiger partial charge in [0.05, 0.1) is 6.42 Å². The minimum Gasteiger partial charge on any atom is -0.459 e. The standard InChI is InChI=1S/C13H20O2/c1-4-13(2,3)15-12(14)10-11-8-6-5-7-9-11/h6,8-9H,4-5,7,10H2,1-3H3. The fourth-order valence-electron chi connectivity index (χ4n) is 1.38. The van der Waals surface area contributed by atoms with Crippen LogP contribution in [-0.2, 0) is 9.53 Å². The summed E-state index contributed by atoms with van der Waals surface area (Å²) in [5.41, 5.74) is 0.744. The summed E-state index contributed by atoms with van der Waals surface area (Å²) in [6.07, 6.45) is 9.60. The summed E-state index contributed by atoms with van der Waals surface area (Å²) in [5.74, 6) is -0.125. The van der Waals surface area contributed by atoms with Crippen LogP contribution in [0.1, 0.15) is 46.5 Å². The van der Waals surface area contributed by atoms with Gasteiger partial charge in [0.25, 0.3) is 0 Å². The third kappa shape index (κ3) is 4.32. The molecule has 0 aromatic rings. The number of rotatable bonds is 4. The third-order valence-electron chi connectivity index (χ3n) is 2.66. The Morgan fingerprint density at radius 2 is 2.20 bits per heavy atom. The van der Waals surface area contributed by atoms with Gasteiger partial charge in [-0.15, -0.1) is 0 Å². The van der Waals surface area contributed by atoms with Crippen molar-refractivity contribution in [2.45, 2.75) is 52.1 Å². The SMILES string of the molecule is CCC(C)(C)OC(=O)CC1=CCCC=C1. The molecule has 0 bridgehead atoms. The Kier molecular flexibility index (Phi) is 4.13. The second-order valence-corrected chi connectivity index (χ2v) is 4.52. The van der Waals surface area contributed by atoms with E-state index >= 15 is 0 Å². The number of allylic oxidation sites excluding steroid dienone is 3. The number of hydrogen-bond acceptors (Lipinski definition) is 2. The quantitative estimate of drug-likeness (QED) is 0.662. The number of hydrogen-bond donors (Lipinski definition) is 0. The Hall–Kier alpha value is -1.05. The maximum Gasteiger partial charge on any atom is 0.310 e. The number of ether oxygens (including phenoxy) is 1. The van der Waals surface area contributed by atoms with Crippen molar-refractivity contribution in [2.24, 2.45) is 0 Å². The van der Waals surface area contributed by atoms with Gasteiger partial charge in [-0.1, -0.05) is 25.2 Å². The fourth-order valence-corrected chi connectivity index (χ4v) is 1.38. The van der Waals surface area contributed by atoms with Crippen molar-refractivity contribution in [2.75, 3.05) is 0 Å². The van der Waals surface area contributed by atoms with E-state index in [0.717, 1.165) is 24.8 Å². The molecule has 0 spiro atoms. The van der Waals surface area contributed by atoms with Crippen LogP contribution in [-0.4, -0.2) is 11.6 Å². The first kappa shape index (κ1) is 12.0. The highest BCUT2D eigenvalue weighted by Crippen LogP contribution is 2.18. The second kappa shape index (κ2) is 5.15. The maximum absolute atomic E-state index is 11.6. The molecule has 0 aromatic carbocycles. The van der Waals surface area contributed by atoms with E-state index in [1.807, 2.05) is 26.8 Å². The van der Waals surface area contributed by atoms with E-state index in [1.54, 1.807) is 0 Å². The van der Waals surface area contributed by atoms with Crippen molar-refractivity contribution in [3.05, 3.63) is 23.8 Å². The summed E-state index contributed by atoms with van der Waals surface area (Å²) < 4.78 is 5.38. The van der Waals surface area contributed by atoms with Crippen LogP contribution < -0.4 is 0 Å². The van der Waals surface area contributed by atoms with Crippen molar-refractivity contribution in [3.63, 3.8) is 0 Å². The van der Waals surface area contributed by atoms with Gasteiger partial charge in [-0.2, -0.15) is 0 Å². The minimum atomic E-state index is -0.337. The van der Waals surface area contributed by atoms with Crippen LogP contribution >= 0.6 is 0 Å². The van der Waals surface area contributed by atoms with Gasteiger partial charge in [0.15, 0.2) is 0 Å². The number of carbonyl (C=O) groups is 1. The average molecular weight is 208 g/mol. The van der Waals surface area contributed by atoms with Crippen molar-refractivity contribution in [3.8, 4) is 0 Å². The van der Waals surface area contributed by atoms with E-state index in [-0.39, 0.29) is 11.6 Å². The molecule has 2 nitrogen and oxygen atoms in total. The molecule has 0 heterocycles. The minimum absolute atomic E-state index is 0.125. The molecule has 0 atom stereocenters. The Morgan fingerprint density at radius 3 is 2.73 bits per heavy atom. The van der Waals surface area contributed by atoms with Gasteiger partial charge in [-0.3, -0.25) is 4.79 Å². The van der Waals surface area contributed by atoms with Gasteiger partial charge in [0.1, 0.15) is 5.60 Å². The zero-order valence-electron chi connectivity index (χ0n) is 9.88. The van der Waals surface area contributed by atoms with Crippen LogP contribution in [0.4, 0.5) is 0 Å². The zero-order chi connectivity index (χ0) is 11.3. The Labute approximate surface area is 92.0 Å². The van der Waals surface area contributed by atoms with Crippen LogP contribution in [0.5, 0.6) is 0 Å². The fraction of sp³-hybridized carbons (Fsp3) is 0.615. The predicted octanol–water partition coefficient (Wildman–Crippen LogP) is 3.38. The van der Waals surface area contributed by atoms with Crippen molar-refractivity contribution >= 4 is 5.97 Å². The van der Waals surface area contributed by atoms with Gasteiger partial charge in [-0.25, -0.2) is 0 Å². The summed E-state index contributed by atoms with van der Waals surface area (Å²) in [7, 11) is 0. The van der Waals surface area contributed by atoms with E-state index in [4.69, 9.17) is 4.74 Å². The molecule has 2 heteroatoms. The third-order valence-corrected chi connectivity index (χ3v) is 2.66. The van der Waals surface area contributed by atoms with Gasteiger partial charge >= 0.3 is 5.97 Å². The van der Waals surface area contributed by atoms with Gasteiger partial charge in [-0.05, 0) is 38.7 Å². The summed E-state index contributed by atoms with van der Waals surface area (Å²) >= 11 is 0. The summed E-state index contributed by atoms with van der Waals surface area (Å²) in [4.78, 5) is 11.6. The first-order valence-electron chi connectivity index (χ1n) is 5.61. The maximum atomic E-state index is 11.6. The molecular formula is C13H20O2. The Balaban J connectivity index is 2.42. The number of esters is 1. The van der Waals surface area contributed by atoms with E-state index in [1.165, 1.54) is 0 Å². The molecule has 0 unspecified atom stereocenters. The van der Waals surface area contributed by atoms with Crippen LogP contribution in [0, 0.1) is 0 Å². The molecule has 0 saturated carbocycles. The van der Waals surface area contributed by atoms with Gasteiger partial charge in [0, 0.05) is 0 Å². The molecule has 15 heavy (non-hydrogen) atoms. The lowest BCUT2D eigenvalue weighted by molar-refractivity contribution is -0.155. The first-order valence-corrected chi connectivity index (χ1v) is 5.61. The summed E-state index contributed by atoms with van der Waals surface area (Å²) in [6, 6.07) is 0. The highest BCUT2D eigenvalue weighted by molar-refractivity contribution is 5.73. The summed E-state index contributed by atoms with van der Waals surface area (Å²) in [6.45, 7) is 5.90. The van der Waals surface area contributed by atoms with Crippen LogP contribution in [0.15, 0.2) is 23.8 Å². The zero-order valence-corrected chi connectivity index (χ0v) is 9.88. The first-order chi connectivity index (χ1) is 7.03. The monoisotopic (exact) mass is 208 g/mol. The highest BCUT2D eigenvalue weighted by Gasteiger charge is 2.20. The molecule has 0 fully saturated rings. The Bertz CT molecular complexity index is 285. The molecule has 1 rings (SSSR count). The highest BCUT2D eigenvalue weighted by atomic mass is 16.6. The van der Waals surface area contributed by atoms with Gasteiger partial charge < -0.3 is 4.74 Å². The lowest BCUT2D eigenvalue weighted by Gasteiger charge is -2.23. The van der Waals surface area contributed by atoms with E-state index in [0.29, 0.717) is 6.42 Å². The van der Waals surface area contributed by atoms with E-state index in [2.05, 4.69) is 12.2 Å². The lowest BCUT2D eigenvalue weighted by Crippen LogP contribution is -2.27. The van der Waals surface area contributed by atoms with Crippen LogP contribution in [0.2, 0.25) is 0 Å². The molecule has 0 N–H and O–H groups in total. The topological polar surface area (TPSA) is 26.3 Å². The number of carbonyl (C=O) groups excluding carboxylic acids is 1. The van der Waals surface area contributed by atoms with Crippen molar-refractivity contribution in [1.82, 2.24) is 0 Å².